The molecule has 1 heterocycles. The average Bonchev–Trinajstić information content (AvgIpc) is 2.68. The number of anilines is 1. The van der Waals surface area contributed by atoms with Crippen LogP contribution in [0.5, 0.6) is 0 Å². The predicted molar refractivity (Wildman–Crippen MR) is 108 cm³/mol. The van der Waals surface area contributed by atoms with Gasteiger partial charge in [-0.05, 0) is 36.2 Å². The Balaban J connectivity index is 1.39. The van der Waals surface area contributed by atoms with Gasteiger partial charge in [0, 0.05) is 45.0 Å². The standard InChI is InChI=1S/C22H26F3N3O/c1-17-4-2-7-20(14-17)28-12-10-27(11-13-28)9-8-26-21(29)16-18-5-3-6-19(15-18)22(23,24)25/h2-7,14-15H,8-13,16H2,1H3,(H,26,29). The summed E-state index contributed by atoms with van der Waals surface area (Å²) >= 11 is 0. The van der Waals surface area contributed by atoms with E-state index in [1.807, 2.05) is 0 Å². The zero-order chi connectivity index (χ0) is 20.9. The van der Waals surface area contributed by atoms with E-state index in [0.29, 0.717) is 12.1 Å². The molecule has 4 nitrogen and oxygen atoms in total. The number of halogens is 3. The third kappa shape index (κ3) is 6.22. The van der Waals surface area contributed by atoms with Crippen molar-refractivity contribution in [1.82, 2.24) is 10.2 Å². The van der Waals surface area contributed by atoms with E-state index in [9.17, 15) is 18.0 Å². The topological polar surface area (TPSA) is 35.6 Å². The number of carbonyl (C=O) groups is 1. The molecular formula is C22H26F3N3O. The minimum absolute atomic E-state index is 0.0505. The molecule has 156 valence electrons. The van der Waals surface area contributed by atoms with Crippen molar-refractivity contribution >= 4 is 11.6 Å². The van der Waals surface area contributed by atoms with Gasteiger partial charge in [0.15, 0.2) is 0 Å². The van der Waals surface area contributed by atoms with E-state index >= 15 is 0 Å². The zero-order valence-corrected chi connectivity index (χ0v) is 16.5. The number of piperazine rings is 1. The van der Waals surface area contributed by atoms with Crippen LogP contribution in [0.1, 0.15) is 16.7 Å². The fourth-order valence-corrected chi connectivity index (χ4v) is 3.51. The van der Waals surface area contributed by atoms with Crippen LogP contribution in [-0.4, -0.2) is 50.1 Å². The SMILES string of the molecule is Cc1cccc(N2CCN(CCNC(=O)Cc3cccc(C(F)(F)F)c3)CC2)c1. The van der Waals surface area contributed by atoms with Gasteiger partial charge in [0.05, 0.1) is 12.0 Å². The Morgan fingerprint density at radius 2 is 1.76 bits per heavy atom. The fraction of sp³-hybridized carbons (Fsp3) is 0.409. The van der Waals surface area contributed by atoms with Crippen molar-refractivity contribution in [3.05, 3.63) is 65.2 Å². The molecule has 1 saturated heterocycles. The molecule has 1 aliphatic heterocycles. The quantitative estimate of drug-likeness (QED) is 0.799. The van der Waals surface area contributed by atoms with E-state index in [1.165, 1.54) is 17.3 Å². The van der Waals surface area contributed by atoms with Gasteiger partial charge in [0.1, 0.15) is 0 Å². The molecule has 2 aromatic rings. The van der Waals surface area contributed by atoms with Crippen molar-refractivity contribution in [3.63, 3.8) is 0 Å². The zero-order valence-electron chi connectivity index (χ0n) is 16.5. The first-order chi connectivity index (χ1) is 13.8. The van der Waals surface area contributed by atoms with Gasteiger partial charge in [0.2, 0.25) is 5.91 Å². The average molecular weight is 405 g/mol. The lowest BCUT2D eigenvalue weighted by molar-refractivity contribution is -0.137. The first kappa shape index (κ1) is 21.2. The molecule has 1 N–H and O–H groups in total. The number of nitrogens with one attached hydrogen (secondary N) is 1. The molecule has 29 heavy (non-hydrogen) atoms. The second-order valence-electron chi connectivity index (χ2n) is 7.39. The summed E-state index contributed by atoms with van der Waals surface area (Å²) in [4.78, 5) is 16.7. The molecule has 1 fully saturated rings. The minimum atomic E-state index is -4.40. The summed E-state index contributed by atoms with van der Waals surface area (Å²) in [7, 11) is 0. The molecule has 3 rings (SSSR count). The van der Waals surface area contributed by atoms with Gasteiger partial charge in [0.25, 0.3) is 0 Å². The summed E-state index contributed by atoms with van der Waals surface area (Å²) in [5, 5.41) is 2.81. The first-order valence-electron chi connectivity index (χ1n) is 9.78. The van der Waals surface area contributed by atoms with Crippen molar-refractivity contribution in [2.24, 2.45) is 0 Å². The van der Waals surface area contributed by atoms with E-state index < -0.39 is 11.7 Å². The van der Waals surface area contributed by atoms with Crippen molar-refractivity contribution in [3.8, 4) is 0 Å². The summed E-state index contributed by atoms with van der Waals surface area (Å²) in [6.45, 7) is 7.00. The number of hydrogen-bond donors (Lipinski definition) is 1. The largest absolute Gasteiger partial charge is 0.416 e. The van der Waals surface area contributed by atoms with Gasteiger partial charge in [-0.2, -0.15) is 13.2 Å². The minimum Gasteiger partial charge on any atom is -0.369 e. The van der Waals surface area contributed by atoms with Gasteiger partial charge in [-0.1, -0.05) is 30.3 Å². The van der Waals surface area contributed by atoms with Crippen LogP contribution >= 0.6 is 0 Å². The molecule has 0 aliphatic carbocycles. The number of benzene rings is 2. The normalized spacial score (nSPS) is 15.4. The lowest BCUT2D eigenvalue weighted by Crippen LogP contribution is -2.48. The summed E-state index contributed by atoms with van der Waals surface area (Å²) in [6.07, 6.45) is -4.45. The van der Waals surface area contributed by atoms with Crippen LogP contribution in [0, 0.1) is 6.92 Å². The maximum absolute atomic E-state index is 12.8. The number of rotatable bonds is 6. The van der Waals surface area contributed by atoms with Crippen molar-refractivity contribution in [2.45, 2.75) is 19.5 Å². The Labute approximate surface area is 169 Å². The molecule has 2 aromatic carbocycles. The first-order valence-corrected chi connectivity index (χ1v) is 9.78. The Morgan fingerprint density at radius 3 is 2.45 bits per heavy atom. The Morgan fingerprint density at radius 1 is 1.03 bits per heavy atom. The summed E-state index contributed by atoms with van der Waals surface area (Å²) in [6, 6.07) is 13.4. The second-order valence-corrected chi connectivity index (χ2v) is 7.39. The number of nitrogens with zero attached hydrogens (tertiary/aromatic N) is 2. The summed E-state index contributed by atoms with van der Waals surface area (Å²) in [5.41, 5.74) is 2.12. The van der Waals surface area contributed by atoms with Gasteiger partial charge in [-0.15, -0.1) is 0 Å². The number of alkyl halides is 3. The van der Waals surface area contributed by atoms with Crippen LogP contribution in [0.2, 0.25) is 0 Å². The smallest absolute Gasteiger partial charge is 0.369 e. The Hall–Kier alpha value is -2.54. The molecule has 0 radical (unpaired) electrons. The number of amides is 1. The van der Waals surface area contributed by atoms with Crippen LogP contribution < -0.4 is 10.2 Å². The molecule has 1 aliphatic rings. The molecule has 0 aromatic heterocycles. The van der Waals surface area contributed by atoms with Crippen LogP contribution in [-0.2, 0) is 17.4 Å². The fourth-order valence-electron chi connectivity index (χ4n) is 3.51. The molecule has 0 unspecified atom stereocenters. The maximum Gasteiger partial charge on any atom is 0.416 e. The monoisotopic (exact) mass is 405 g/mol. The molecule has 7 heteroatoms. The van der Waals surface area contributed by atoms with Crippen LogP contribution in [0.25, 0.3) is 0 Å². The number of hydrogen-bond acceptors (Lipinski definition) is 3. The van der Waals surface area contributed by atoms with Gasteiger partial charge in [-0.25, -0.2) is 0 Å². The molecule has 0 saturated carbocycles. The van der Waals surface area contributed by atoms with Crippen molar-refractivity contribution < 1.29 is 18.0 Å². The molecule has 1 amide bonds. The van der Waals surface area contributed by atoms with E-state index in [4.69, 9.17) is 0 Å². The van der Waals surface area contributed by atoms with E-state index in [-0.39, 0.29) is 12.3 Å². The highest BCUT2D eigenvalue weighted by atomic mass is 19.4. The lowest BCUT2D eigenvalue weighted by Gasteiger charge is -2.36. The van der Waals surface area contributed by atoms with Crippen LogP contribution in [0.4, 0.5) is 18.9 Å². The Kier molecular flexibility index (Phi) is 6.79. The van der Waals surface area contributed by atoms with Gasteiger partial charge >= 0.3 is 6.18 Å². The molecule has 0 atom stereocenters. The predicted octanol–water partition coefficient (Wildman–Crippen LogP) is 3.49. The molecular weight excluding hydrogens is 379 g/mol. The third-order valence-corrected chi connectivity index (χ3v) is 5.11. The van der Waals surface area contributed by atoms with Gasteiger partial charge in [-0.3, -0.25) is 9.69 Å². The number of carbonyl (C=O) groups excluding carboxylic acids is 1. The molecule has 0 bridgehead atoms. The van der Waals surface area contributed by atoms with Crippen LogP contribution in [0.3, 0.4) is 0 Å². The van der Waals surface area contributed by atoms with E-state index in [0.717, 1.165) is 44.9 Å². The maximum atomic E-state index is 12.8. The van der Waals surface area contributed by atoms with Crippen LogP contribution in [0.15, 0.2) is 48.5 Å². The summed E-state index contributed by atoms with van der Waals surface area (Å²) < 4.78 is 38.3. The second kappa shape index (κ2) is 9.31. The Bertz CT molecular complexity index is 830. The highest BCUT2D eigenvalue weighted by Crippen LogP contribution is 2.29. The lowest BCUT2D eigenvalue weighted by atomic mass is 10.1. The number of aryl methyl sites for hydroxylation is 1. The third-order valence-electron chi connectivity index (χ3n) is 5.11. The van der Waals surface area contributed by atoms with E-state index in [1.54, 1.807) is 6.07 Å². The molecule has 0 spiro atoms. The van der Waals surface area contributed by atoms with Gasteiger partial charge < -0.3 is 10.2 Å². The van der Waals surface area contributed by atoms with E-state index in [2.05, 4.69) is 46.3 Å². The van der Waals surface area contributed by atoms with Crippen molar-refractivity contribution in [1.29, 1.82) is 0 Å². The highest BCUT2D eigenvalue weighted by molar-refractivity contribution is 5.78. The van der Waals surface area contributed by atoms with Crippen molar-refractivity contribution in [2.75, 3.05) is 44.2 Å². The highest BCUT2D eigenvalue weighted by Gasteiger charge is 2.30. The summed E-state index contributed by atoms with van der Waals surface area (Å²) in [5.74, 6) is -0.261.